The largest absolute Gasteiger partial charge is 0.507 e. The second kappa shape index (κ2) is 7.05. The van der Waals surface area contributed by atoms with Crippen molar-refractivity contribution in [2.24, 2.45) is 0 Å². The minimum Gasteiger partial charge on any atom is -0.507 e. The molecule has 1 aliphatic carbocycles. The molecule has 2 aromatic carbocycles. The van der Waals surface area contributed by atoms with E-state index >= 15 is 0 Å². The lowest BCUT2D eigenvalue weighted by molar-refractivity contribution is 0.118. The van der Waals surface area contributed by atoms with Crippen molar-refractivity contribution in [2.45, 2.75) is 44.6 Å². The van der Waals surface area contributed by atoms with E-state index in [1.807, 2.05) is 49.4 Å². The number of ether oxygens (including phenoxy) is 1. The van der Waals surface area contributed by atoms with E-state index in [1.165, 1.54) is 0 Å². The minimum absolute atomic E-state index is 0.158. The Morgan fingerprint density at radius 3 is 2.57 bits per heavy atom. The lowest BCUT2D eigenvalue weighted by Crippen LogP contribution is -2.19. The van der Waals surface area contributed by atoms with Gasteiger partial charge in [0.2, 0.25) is 0 Å². The monoisotopic (exact) mass is 312 g/mol. The topological polar surface area (TPSA) is 49.7 Å². The molecule has 2 atom stereocenters. The normalized spacial score (nSPS) is 21.1. The van der Waals surface area contributed by atoms with Crippen molar-refractivity contribution < 1.29 is 14.9 Å². The van der Waals surface area contributed by atoms with Gasteiger partial charge in [-0.2, -0.15) is 0 Å². The summed E-state index contributed by atoms with van der Waals surface area (Å²) in [6, 6.07) is 13.8. The van der Waals surface area contributed by atoms with Crippen LogP contribution in [0.2, 0.25) is 0 Å². The molecule has 0 aromatic heterocycles. The molecule has 0 saturated heterocycles. The van der Waals surface area contributed by atoms with Crippen molar-refractivity contribution in [1.29, 1.82) is 0 Å². The Labute approximate surface area is 137 Å². The van der Waals surface area contributed by atoms with Crippen LogP contribution >= 0.6 is 0 Å². The third-order valence-corrected chi connectivity index (χ3v) is 4.58. The lowest BCUT2D eigenvalue weighted by atomic mass is 9.81. The highest BCUT2D eigenvalue weighted by molar-refractivity contribution is 5.69. The molecule has 2 N–H and O–H groups in total. The van der Waals surface area contributed by atoms with Crippen LogP contribution in [0.1, 0.15) is 44.1 Å². The zero-order valence-corrected chi connectivity index (χ0v) is 13.5. The van der Waals surface area contributed by atoms with Gasteiger partial charge in [-0.1, -0.05) is 36.8 Å². The molecule has 122 valence electrons. The summed E-state index contributed by atoms with van der Waals surface area (Å²) in [7, 11) is 0. The number of phenolic OH excluding ortho intramolecular Hbond substituents is 1. The van der Waals surface area contributed by atoms with Gasteiger partial charge in [0.15, 0.2) is 0 Å². The lowest BCUT2D eigenvalue weighted by Gasteiger charge is -2.28. The van der Waals surface area contributed by atoms with Gasteiger partial charge in [0.25, 0.3) is 0 Å². The minimum atomic E-state index is -0.281. The second-order valence-corrected chi connectivity index (χ2v) is 6.22. The zero-order chi connectivity index (χ0) is 16.2. The van der Waals surface area contributed by atoms with Gasteiger partial charge in [-0.25, -0.2) is 0 Å². The third-order valence-electron chi connectivity index (χ3n) is 4.58. The number of rotatable bonds is 4. The molecule has 2 aromatic rings. The first-order valence-electron chi connectivity index (χ1n) is 8.42. The fourth-order valence-electron chi connectivity index (χ4n) is 3.52. The summed E-state index contributed by atoms with van der Waals surface area (Å²) in [5.41, 5.74) is 2.86. The molecule has 1 fully saturated rings. The first-order chi connectivity index (χ1) is 11.2. The molecular weight excluding hydrogens is 288 g/mol. The summed E-state index contributed by atoms with van der Waals surface area (Å²) in [6.45, 7) is 2.51. The summed E-state index contributed by atoms with van der Waals surface area (Å²) in [4.78, 5) is 0. The Balaban J connectivity index is 2.02. The van der Waals surface area contributed by atoms with E-state index in [0.29, 0.717) is 13.0 Å². The summed E-state index contributed by atoms with van der Waals surface area (Å²) in [6.07, 6.45) is 3.23. The van der Waals surface area contributed by atoms with Crippen LogP contribution in [-0.4, -0.2) is 22.9 Å². The van der Waals surface area contributed by atoms with Crippen molar-refractivity contribution in [3.63, 3.8) is 0 Å². The number of aliphatic hydroxyl groups is 1. The van der Waals surface area contributed by atoms with Crippen LogP contribution in [0.5, 0.6) is 11.5 Å². The van der Waals surface area contributed by atoms with Crippen LogP contribution in [0.15, 0.2) is 42.5 Å². The van der Waals surface area contributed by atoms with Crippen molar-refractivity contribution in [1.82, 2.24) is 0 Å². The SMILES string of the molecule is CCOc1cc(-c2ccccc2)cc(O)c1C1CCCC(O)C1. The molecule has 2 unspecified atom stereocenters. The molecule has 3 nitrogen and oxygen atoms in total. The fourth-order valence-corrected chi connectivity index (χ4v) is 3.52. The van der Waals surface area contributed by atoms with Gasteiger partial charge >= 0.3 is 0 Å². The van der Waals surface area contributed by atoms with E-state index < -0.39 is 0 Å². The van der Waals surface area contributed by atoms with E-state index in [0.717, 1.165) is 41.7 Å². The number of benzene rings is 2. The summed E-state index contributed by atoms with van der Waals surface area (Å²) < 4.78 is 5.83. The third kappa shape index (κ3) is 3.50. The van der Waals surface area contributed by atoms with Crippen LogP contribution in [0.25, 0.3) is 11.1 Å². The maximum Gasteiger partial charge on any atom is 0.127 e. The highest BCUT2D eigenvalue weighted by Crippen LogP contribution is 2.44. The van der Waals surface area contributed by atoms with E-state index in [4.69, 9.17) is 4.74 Å². The standard InChI is InChI=1S/C20H24O3/c1-2-23-19-13-16(14-7-4-3-5-8-14)12-18(22)20(19)15-9-6-10-17(21)11-15/h3-5,7-8,12-13,15,17,21-22H,2,6,9-11H2,1H3. The molecule has 3 rings (SSSR count). The van der Waals surface area contributed by atoms with Crippen molar-refractivity contribution in [2.75, 3.05) is 6.61 Å². The molecule has 0 heterocycles. The van der Waals surface area contributed by atoms with Gasteiger partial charge in [-0.05, 0) is 55.4 Å². The number of hydrogen-bond acceptors (Lipinski definition) is 3. The van der Waals surface area contributed by atoms with Gasteiger partial charge in [0.1, 0.15) is 11.5 Å². The van der Waals surface area contributed by atoms with E-state index in [-0.39, 0.29) is 17.8 Å². The van der Waals surface area contributed by atoms with E-state index in [1.54, 1.807) is 0 Å². The quantitative estimate of drug-likeness (QED) is 0.875. The summed E-state index contributed by atoms with van der Waals surface area (Å²) in [5, 5.41) is 20.6. The molecule has 0 amide bonds. The molecule has 0 radical (unpaired) electrons. The highest BCUT2D eigenvalue weighted by Gasteiger charge is 2.27. The number of aliphatic hydroxyl groups excluding tert-OH is 1. The average molecular weight is 312 g/mol. The first-order valence-corrected chi connectivity index (χ1v) is 8.42. The van der Waals surface area contributed by atoms with E-state index in [9.17, 15) is 10.2 Å². The Morgan fingerprint density at radius 1 is 1.09 bits per heavy atom. The molecule has 0 aliphatic heterocycles. The number of hydrogen-bond donors (Lipinski definition) is 2. The van der Waals surface area contributed by atoms with Crippen LogP contribution < -0.4 is 4.74 Å². The fraction of sp³-hybridized carbons (Fsp3) is 0.400. The van der Waals surface area contributed by atoms with Gasteiger partial charge < -0.3 is 14.9 Å². The van der Waals surface area contributed by atoms with Crippen LogP contribution in [-0.2, 0) is 0 Å². The summed E-state index contributed by atoms with van der Waals surface area (Å²) >= 11 is 0. The highest BCUT2D eigenvalue weighted by atomic mass is 16.5. The summed E-state index contributed by atoms with van der Waals surface area (Å²) in [5.74, 6) is 1.17. The molecule has 3 heteroatoms. The maximum atomic E-state index is 10.6. The Kier molecular flexibility index (Phi) is 4.87. The van der Waals surface area contributed by atoms with Crippen LogP contribution in [0.4, 0.5) is 0 Å². The smallest absolute Gasteiger partial charge is 0.127 e. The van der Waals surface area contributed by atoms with Crippen molar-refractivity contribution >= 4 is 0 Å². The Hall–Kier alpha value is -2.00. The average Bonchev–Trinajstić information content (AvgIpc) is 2.55. The van der Waals surface area contributed by atoms with Crippen molar-refractivity contribution in [3.8, 4) is 22.6 Å². The molecule has 23 heavy (non-hydrogen) atoms. The number of aromatic hydroxyl groups is 1. The molecule has 1 aliphatic rings. The van der Waals surface area contributed by atoms with Crippen molar-refractivity contribution in [3.05, 3.63) is 48.0 Å². The second-order valence-electron chi connectivity index (χ2n) is 6.22. The van der Waals surface area contributed by atoms with E-state index in [2.05, 4.69) is 0 Å². The predicted octanol–water partition coefficient (Wildman–Crippen LogP) is 4.48. The Bertz CT molecular complexity index is 651. The zero-order valence-electron chi connectivity index (χ0n) is 13.5. The Morgan fingerprint density at radius 2 is 1.87 bits per heavy atom. The van der Waals surface area contributed by atoms with Gasteiger partial charge in [0, 0.05) is 5.56 Å². The van der Waals surface area contributed by atoms with Crippen LogP contribution in [0.3, 0.4) is 0 Å². The first kappa shape index (κ1) is 15.9. The van der Waals surface area contributed by atoms with Gasteiger partial charge in [0.05, 0.1) is 12.7 Å². The van der Waals surface area contributed by atoms with Gasteiger partial charge in [-0.3, -0.25) is 0 Å². The van der Waals surface area contributed by atoms with Gasteiger partial charge in [-0.15, -0.1) is 0 Å². The molecule has 0 bridgehead atoms. The molecular formula is C20H24O3. The molecule has 1 saturated carbocycles. The maximum absolute atomic E-state index is 10.6. The molecule has 0 spiro atoms. The predicted molar refractivity (Wildman–Crippen MR) is 91.9 cm³/mol. The number of phenols is 1. The van der Waals surface area contributed by atoms with Crippen LogP contribution in [0, 0.1) is 0 Å².